The van der Waals surface area contributed by atoms with Gasteiger partial charge >= 0.3 is 0 Å². The molecule has 0 bridgehead atoms. The fourth-order valence-electron chi connectivity index (χ4n) is 3.23. The lowest BCUT2D eigenvalue weighted by Crippen LogP contribution is -2.18. The van der Waals surface area contributed by atoms with E-state index in [2.05, 4.69) is 21.1 Å². The topological polar surface area (TPSA) is 120 Å². The molecule has 2 aromatic rings. The monoisotopic (exact) mass is 484 g/mol. The van der Waals surface area contributed by atoms with Crippen LogP contribution in [-0.4, -0.2) is 52.7 Å². The van der Waals surface area contributed by atoms with E-state index in [1.165, 1.54) is 26.6 Å². The second-order valence-corrected chi connectivity index (χ2v) is 7.31. The summed E-state index contributed by atoms with van der Waals surface area (Å²) in [5.41, 5.74) is 6.37. The molecular formula is C25H32N4O6. The minimum atomic E-state index is -0.204. The molecule has 0 heterocycles. The molecule has 2 rings (SSSR count). The highest BCUT2D eigenvalue weighted by Crippen LogP contribution is 2.30. The Morgan fingerprint density at radius 2 is 1.11 bits per heavy atom. The van der Waals surface area contributed by atoms with Crippen LogP contribution in [0.4, 0.5) is 0 Å². The number of nitrogens with zero attached hydrogens (tertiary/aromatic N) is 2. The summed E-state index contributed by atoms with van der Waals surface area (Å²) < 4.78 is 21.1. The number of hydrazone groups is 2. The van der Waals surface area contributed by atoms with Crippen LogP contribution in [0.25, 0.3) is 0 Å². The van der Waals surface area contributed by atoms with Crippen LogP contribution in [0, 0.1) is 0 Å². The molecule has 2 aromatic carbocycles. The Labute approximate surface area is 205 Å². The quantitative estimate of drug-likeness (QED) is 0.241. The van der Waals surface area contributed by atoms with Crippen molar-refractivity contribution in [3.8, 4) is 23.0 Å². The third kappa shape index (κ3) is 8.65. The fraction of sp³-hybridized carbons (Fsp3) is 0.360. The standard InChI is InChI=1S/C25H32N4O6/c1-32-20-12-8-10-18(24(20)34-3)16-26-28-22(30)14-6-5-7-15-23(31)29-27-17-19-11-9-13-21(33-2)25(19)35-4/h8-13,16-17H,5-7,14-15H2,1-4H3,(H,28,30)(H,29,31)/b26-16-,27-17-. The molecule has 0 aliphatic carbocycles. The van der Waals surface area contributed by atoms with E-state index in [9.17, 15) is 9.59 Å². The van der Waals surface area contributed by atoms with Gasteiger partial charge in [-0.2, -0.15) is 10.2 Å². The summed E-state index contributed by atoms with van der Waals surface area (Å²) in [5, 5.41) is 7.96. The first-order valence-electron chi connectivity index (χ1n) is 11.1. The first-order chi connectivity index (χ1) is 17.0. The van der Waals surface area contributed by atoms with E-state index in [-0.39, 0.29) is 11.8 Å². The summed E-state index contributed by atoms with van der Waals surface area (Å²) in [4.78, 5) is 24.0. The minimum Gasteiger partial charge on any atom is -0.493 e. The molecule has 0 aromatic heterocycles. The van der Waals surface area contributed by atoms with Gasteiger partial charge in [-0.05, 0) is 37.1 Å². The van der Waals surface area contributed by atoms with Gasteiger partial charge in [0.15, 0.2) is 23.0 Å². The van der Waals surface area contributed by atoms with Crippen molar-refractivity contribution in [2.75, 3.05) is 28.4 Å². The lowest BCUT2D eigenvalue weighted by Gasteiger charge is -2.09. The molecule has 0 radical (unpaired) electrons. The maximum atomic E-state index is 12.0. The van der Waals surface area contributed by atoms with Crippen LogP contribution in [0.15, 0.2) is 46.6 Å². The molecule has 0 saturated heterocycles. The number of nitrogens with one attached hydrogen (secondary N) is 2. The van der Waals surface area contributed by atoms with E-state index in [1.54, 1.807) is 38.5 Å². The summed E-state index contributed by atoms with van der Waals surface area (Å²) in [6.07, 6.45) is 5.63. The van der Waals surface area contributed by atoms with Crippen molar-refractivity contribution < 1.29 is 28.5 Å². The summed E-state index contributed by atoms with van der Waals surface area (Å²) in [5.74, 6) is 1.83. The highest BCUT2D eigenvalue weighted by atomic mass is 16.5. The van der Waals surface area contributed by atoms with Crippen LogP contribution >= 0.6 is 0 Å². The van der Waals surface area contributed by atoms with Crippen LogP contribution < -0.4 is 29.8 Å². The second-order valence-electron chi connectivity index (χ2n) is 7.31. The van der Waals surface area contributed by atoms with Crippen molar-refractivity contribution in [2.45, 2.75) is 32.1 Å². The predicted molar refractivity (Wildman–Crippen MR) is 134 cm³/mol. The number of para-hydroxylation sites is 2. The molecule has 0 fully saturated rings. The molecule has 0 saturated carbocycles. The molecule has 0 aliphatic rings. The van der Waals surface area contributed by atoms with Crippen LogP contribution in [0.1, 0.15) is 43.2 Å². The molecule has 2 N–H and O–H groups in total. The normalized spacial score (nSPS) is 10.9. The number of unbranched alkanes of at least 4 members (excludes halogenated alkanes) is 2. The van der Waals surface area contributed by atoms with Crippen molar-refractivity contribution in [3.63, 3.8) is 0 Å². The van der Waals surface area contributed by atoms with Crippen LogP contribution in [0.5, 0.6) is 23.0 Å². The molecule has 2 amide bonds. The van der Waals surface area contributed by atoms with E-state index in [0.717, 1.165) is 6.42 Å². The molecule has 0 atom stereocenters. The van der Waals surface area contributed by atoms with Crippen molar-refractivity contribution in [1.29, 1.82) is 0 Å². The molecular weight excluding hydrogens is 452 g/mol. The van der Waals surface area contributed by atoms with E-state index in [4.69, 9.17) is 18.9 Å². The highest BCUT2D eigenvalue weighted by Gasteiger charge is 2.09. The molecule has 10 nitrogen and oxygen atoms in total. The van der Waals surface area contributed by atoms with Crippen LogP contribution in [0.3, 0.4) is 0 Å². The van der Waals surface area contributed by atoms with Crippen LogP contribution in [0.2, 0.25) is 0 Å². The number of rotatable bonds is 14. The summed E-state index contributed by atoms with van der Waals surface area (Å²) in [7, 11) is 6.19. The van der Waals surface area contributed by atoms with Gasteiger partial charge in [-0.15, -0.1) is 0 Å². The first kappa shape index (κ1) is 27.2. The van der Waals surface area contributed by atoms with E-state index in [0.29, 0.717) is 59.8 Å². The van der Waals surface area contributed by atoms with Crippen molar-refractivity contribution in [1.82, 2.24) is 10.9 Å². The van der Waals surface area contributed by atoms with E-state index in [1.807, 2.05) is 12.1 Å². The van der Waals surface area contributed by atoms with Crippen molar-refractivity contribution in [3.05, 3.63) is 47.5 Å². The average molecular weight is 485 g/mol. The Morgan fingerprint density at radius 3 is 1.49 bits per heavy atom. The smallest absolute Gasteiger partial charge is 0.240 e. The van der Waals surface area contributed by atoms with Crippen LogP contribution in [-0.2, 0) is 9.59 Å². The molecule has 10 heteroatoms. The van der Waals surface area contributed by atoms with Gasteiger partial charge in [0.05, 0.1) is 40.9 Å². The number of carbonyl (C=O) groups is 2. The molecule has 0 unspecified atom stereocenters. The molecule has 35 heavy (non-hydrogen) atoms. The third-order valence-corrected chi connectivity index (χ3v) is 4.96. The van der Waals surface area contributed by atoms with Gasteiger partial charge in [0.1, 0.15) is 0 Å². The van der Waals surface area contributed by atoms with Gasteiger partial charge < -0.3 is 18.9 Å². The Balaban J connectivity index is 1.66. The van der Waals surface area contributed by atoms with Gasteiger partial charge in [0.2, 0.25) is 11.8 Å². The Bertz CT molecular complexity index is 957. The van der Waals surface area contributed by atoms with Gasteiger partial charge in [-0.25, -0.2) is 10.9 Å². The summed E-state index contributed by atoms with van der Waals surface area (Å²) >= 11 is 0. The number of benzene rings is 2. The molecule has 0 spiro atoms. The fourth-order valence-corrected chi connectivity index (χ4v) is 3.23. The third-order valence-electron chi connectivity index (χ3n) is 4.96. The zero-order valence-electron chi connectivity index (χ0n) is 20.5. The number of ether oxygens (including phenoxy) is 4. The average Bonchev–Trinajstić information content (AvgIpc) is 2.87. The SMILES string of the molecule is COc1cccc(/C=N\NC(=O)CCCCCC(=O)N/N=C\c2cccc(OC)c2OC)c1OC. The minimum absolute atomic E-state index is 0.204. The maximum absolute atomic E-state index is 12.0. The zero-order chi connectivity index (χ0) is 25.5. The van der Waals surface area contributed by atoms with E-state index < -0.39 is 0 Å². The maximum Gasteiger partial charge on any atom is 0.240 e. The summed E-state index contributed by atoms with van der Waals surface area (Å²) in [6.45, 7) is 0. The van der Waals surface area contributed by atoms with Gasteiger partial charge in [0, 0.05) is 24.0 Å². The zero-order valence-corrected chi connectivity index (χ0v) is 20.5. The van der Waals surface area contributed by atoms with Crippen molar-refractivity contribution >= 4 is 24.2 Å². The predicted octanol–water partition coefficient (Wildman–Crippen LogP) is 3.27. The lowest BCUT2D eigenvalue weighted by molar-refractivity contribution is -0.121. The summed E-state index contributed by atoms with van der Waals surface area (Å²) in [6, 6.07) is 10.8. The Hall–Kier alpha value is -4.08. The Kier molecular flexibility index (Phi) is 11.6. The number of carbonyl (C=O) groups excluding carboxylic acids is 2. The van der Waals surface area contributed by atoms with Gasteiger partial charge in [-0.3, -0.25) is 9.59 Å². The van der Waals surface area contributed by atoms with E-state index >= 15 is 0 Å². The highest BCUT2D eigenvalue weighted by molar-refractivity contribution is 5.87. The number of hydrogen-bond acceptors (Lipinski definition) is 8. The number of methoxy groups -OCH3 is 4. The van der Waals surface area contributed by atoms with Gasteiger partial charge in [0.25, 0.3) is 0 Å². The second kappa shape index (κ2) is 14.9. The Morgan fingerprint density at radius 1 is 0.686 bits per heavy atom. The largest absolute Gasteiger partial charge is 0.493 e. The van der Waals surface area contributed by atoms with Crippen molar-refractivity contribution in [2.24, 2.45) is 10.2 Å². The first-order valence-corrected chi connectivity index (χ1v) is 11.1. The number of amides is 2. The number of hydrogen-bond donors (Lipinski definition) is 2. The van der Waals surface area contributed by atoms with Gasteiger partial charge in [-0.1, -0.05) is 18.6 Å². The lowest BCUT2D eigenvalue weighted by atomic mass is 10.1. The molecule has 188 valence electrons. The molecule has 0 aliphatic heterocycles.